The van der Waals surface area contributed by atoms with Gasteiger partial charge in [0.15, 0.2) is 0 Å². The smallest absolute Gasteiger partial charge is 0.310 e. The van der Waals surface area contributed by atoms with Gasteiger partial charge in [0.25, 0.3) is 0 Å². The molecule has 1 aliphatic heterocycles. The van der Waals surface area contributed by atoms with Crippen molar-refractivity contribution in [1.29, 1.82) is 0 Å². The maximum atomic E-state index is 12.1. The number of hydrogen-bond donors (Lipinski definition) is 0. The van der Waals surface area contributed by atoms with Crippen LogP contribution in [-0.4, -0.2) is 17.4 Å². The third kappa shape index (κ3) is 3.97. The quantitative estimate of drug-likeness (QED) is 0.795. The van der Waals surface area contributed by atoms with Crippen molar-refractivity contribution >= 4 is 5.97 Å². The van der Waals surface area contributed by atoms with Crippen LogP contribution < -0.4 is 4.74 Å². The Bertz CT molecular complexity index is 532. The predicted molar refractivity (Wildman–Crippen MR) is 80.1 cm³/mol. The van der Waals surface area contributed by atoms with E-state index >= 15 is 0 Å². The molecule has 0 saturated carbocycles. The molecule has 0 bridgehead atoms. The molecule has 0 aliphatic carbocycles. The van der Waals surface area contributed by atoms with Gasteiger partial charge in [-0.2, -0.15) is 0 Å². The van der Waals surface area contributed by atoms with Crippen LogP contribution in [0.3, 0.4) is 0 Å². The van der Waals surface area contributed by atoms with Crippen LogP contribution in [0.15, 0.2) is 18.2 Å². The maximum absolute atomic E-state index is 12.1. The first-order valence-electron chi connectivity index (χ1n) is 7.38. The molecule has 0 fully saturated rings. The molecule has 0 spiro atoms. The first-order valence-corrected chi connectivity index (χ1v) is 7.38. The van der Waals surface area contributed by atoms with Crippen molar-refractivity contribution in [3.8, 4) is 5.75 Å². The molecule has 1 aromatic rings. The highest BCUT2D eigenvalue weighted by Gasteiger charge is 2.29. The molecule has 0 amide bonds. The van der Waals surface area contributed by atoms with E-state index < -0.39 is 11.4 Å². The third-order valence-electron chi connectivity index (χ3n) is 3.73. The minimum atomic E-state index is -0.629. The topological polar surface area (TPSA) is 44.8 Å². The molecule has 4 nitrogen and oxygen atoms in total. The molecule has 1 heterocycles. The van der Waals surface area contributed by atoms with Crippen LogP contribution in [0.2, 0.25) is 0 Å². The monoisotopic (exact) mass is 292 g/mol. The summed E-state index contributed by atoms with van der Waals surface area (Å²) in [5, 5.41) is 0. The van der Waals surface area contributed by atoms with Gasteiger partial charge in [0, 0.05) is 19.4 Å². The van der Waals surface area contributed by atoms with E-state index in [0.717, 1.165) is 23.3 Å². The molecule has 0 atom stereocenters. The van der Waals surface area contributed by atoms with Gasteiger partial charge in [-0.1, -0.05) is 19.1 Å². The minimum Gasteiger partial charge on any atom is -0.463 e. The number of esters is 1. The molecule has 2 rings (SSSR count). The lowest BCUT2D eigenvalue weighted by molar-refractivity contribution is -0.180. The first kappa shape index (κ1) is 15.8. The van der Waals surface area contributed by atoms with E-state index in [0.29, 0.717) is 6.61 Å². The fourth-order valence-electron chi connectivity index (χ4n) is 2.15. The third-order valence-corrected chi connectivity index (χ3v) is 3.73. The minimum absolute atomic E-state index is 0.222. The molecule has 1 aliphatic rings. The average molecular weight is 292 g/mol. The van der Waals surface area contributed by atoms with Crippen LogP contribution in [0.4, 0.5) is 0 Å². The van der Waals surface area contributed by atoms with Gasteiger partial charge in [0.05, 0.1) is 13.0 Å². The zero-order valence-electron chi connectivity index (χ0n) is 13.5. The zero-order valence-corrected chi connectivity index (χ0v) is 13.5. The normalized spacial score (nSPS) is 16.8. The summed E-state index contributed by atoms with van der Waals surface area (Å²) in [5.41, 5.74) is 1.41. The molecule has 1 aromatic carbocycles. The van der Waals surface area contributed by atoms with Gasteiger partial charge in [-0.05, 0) is 31.9 Å². The van der Waals surface area contributed by atoms with Crippen molar-refractivity contribution in [2.45, 2.75) is 65.5 Å². The second-order valence-electron chi connectivity index (χ2n) is 6.45. The number of hydrogen-bond acceptors (Lipinski definition) is 4. The highest BCUT2D eigenvalue weighted by molar-refractivity contribution is 5.74. The SMILES string of the molecule is CCC(C)(C)OC(=O)Cc1cccc2c1COC(C)(C)O2. The molecule has 0 radical (unpaired) electrons. The van der Waals surface area contributed by atoms with Crippen LogP contribution in [0, 0.1) is 0 Å². The second kappa shape index (κ2) is 5.68. The summed E-state index contributed by atoms with van der Waals surface area (Å²) in [4.78, 5) is 12.1. The Morgan fingerprint density at radius 1 is 1.38 bits per heavy atom. The Morgan fingerprint density at radius 2 is 2.10 bits per heavy atom. The Hall–Kier alpha value is -1.55. The molecular formula is C17H24O4. The van der Waals surface area contributed by atoms with Crippen molar-refractivity contribution in [3.63, 3.8) is 0 Å². The molecule has 116 valence electrons. The van der Waals surface area contributed by atoms with Crippen LogP contribution in [-0.2, 0) is 27.3 Å². The lowest BCUT2D eigenvalue weighted by Gasteiger charge is -2.33. The highest BCUT2D eigenvalue weighted by Crippen LogP contribution is 2.33. The number of rotatable bonds is 4. The molecule has 0 unspecified atom stereocenters. The Morgan fingerprint density at radius 3 is 2.76 bits per heavy atom. The first-order chi connectivity index (χ1) is 9.72. The zero-order chi connectivity index (χ0) is 15.7. The summed E-state index contributed by atoms with van der Waals surface area (Å²) in [6.45, 7) is 10.0. The molecule has 0 saturated heterocycles. The predicted octanol–water partition coefficient (Wildman–Crippen LogP) is 3.61. The van der Waals surface area contributed by atoms with Gasteiger partial charge in [-0.25, -0.2) is 0 Å². The van der Waals surface area contributed by atoms with Crippen LogP contribution in [0.5, 0.6) is 5.75 Å². The van der Waals surface area contributed by atoms with Crippen molar-refractivity contribution in [2.75, 3.05) is 0 Å². The highest BCUT2D eigenvalue weighted by atomic mass is 16.7. The van der Waals surface area contributed by atoms with Crippen LogP contribution in [0.25, 0.3) is 0 Å². The van der Waals surface area contributed by atoms with Crippen molar-refractivity contribution in [1.82, 2.24) is 0 Å². The van der Waals surface area contributed by atoms with Gasteiger partial charge in [-0.3, -0.25) is 4.79 Å². The average Bonchev–Trinajstić information content (AvgIpc) is 2.36. The van der Waals surface area contributed by atoms with Crippen molar-refractivity contribution < 1.29 is 19.0 Å². The Kier molecular flexibility index (Phi) is 4.28. The summed E-state index contributed by atoms with van der Waals surface area (Å²) in [6.07, 6.45) is 1.02. The molecular weight excluding hydrogens is 268 g/mol. The largest absolute Gasteiger partial charge is 0.463 e. The lowest BCUT2D eigenvalue weighted by atomic mass is 10.0. The Balaban J connectivity index is 2.14. The van der Waals surface area contributed by atoms with Gasteiger partial charge in [-0.15, -0.1) is 0 Å². The van der Waals surface area contributed by atoms with E-state index in [1.807, 2.05) is 52.8 Å². The van der Waals surface area contributed by atoms with E-state index in [9.17, 15) is 4.79 Å². The molecule has 4 heteroatoms. The number of fused-ring (bicyclic) bond motifs is 1. The number of carbonyl (C=O) groups is 1. The van der Waals surface area contributed by atoms with E-state index in [1.54, 1.807) is 0 Å². The van der Waals surface area contributed by atoms with Crippen molar-refractivity contribution in [2.24, 2.45) is 0 Å². The summed E-state index contributed by atoms with van der Waals surface area (Å²) in [6, 6.07) is 5.72. The van der Waals surface area contributed by atoms with E-state index in [4.69, 9.17) is 14.2 Å². The number of benzene rings is 1. The second-order valence-corrected chi connectivity index (χ2v) is 6.45. The van der Waals surface area contributed by atoms with Gasteiger partial charge in [0.1, 0.15) is 11.4 Å². The number of ether oxygens (including phenoxy) is 3. The lowest BCUT2D eigenvalue weighted by Crippen LogP contribution is -2.36. The van der Waals surface area contributed by atoms with Gasteiger partial charge in [0.2, 0.25) is 5.79 Å². The Labute approximate surface area is 126 Å². The number of carbonyl (C=O) groups excluding carboxylic acids is 1. The summed E-state index contributed by atoms with van der Waals surface area (Å²) >= 11 is 0. The van der Waals surface area contributed by atoms with Crippen LogP contribution >= 0.6 is 0 Å². The van der Waals surface area contributed by atoms with Gasteiger partial charge >= 0.3 is 5.97 Å². The van der Waals surface area contributed by atoms with Gasteiger partial charge < -0.3 is 14.2 Å². The molecule has 0 aromatic heterocycles. The summed E-state index contributed by atoms with van der Waals surface area (Å²) in [5.74, 6) is -0.0672. The van der Waals surface area contributed by atoms with E-state index in [2.05, 4.69) is 0 Å². The van der Waals surface area contributed by atoms with E-state index in [-0.39, 0.29) is 12.4 Å². The fraction of sp³-hybridized carbons (Fsp3) is 0.588. The molecule has 21 heavy (non-hydrogen) atoms. The van der Waals surface area contributed by atoms with Crippen LogP contribution in [0.1, 0.15) is 52.2 Å². The molecule has 0 N–H and O–H groups in total. The summed E-state index contributed by atoms with van der Waals surface area (Å²) < 4.78 is 17.0. The maximum Gasteiger partial charge on any atom is 0.310 e. The van der Waals surface area contributed by atoms with E-state index in [1.165, 1.54) is 0 Å². The van der Waals surface area contributed by atoms with Crippen molar-refractivity contribution in [3.05, 3.63) is 29.3 Å². The summed E-state index contributed by atoms with van der Waals surface area (Å²) in [7, 11) is 0. The standard InChI is InChI=1S/C17H24O4/c1-6-16(2,3)21-15(18)10-12-8-7-9-14-13(12)11-19-17(4,5)20-14/h7-9H,6,10-11H2,1-5H3. The fourth-order valence-corrected chi connectivity index (χ4v) is 2.15.